The standard InChI is InChI=1S/C22H21NO2.ClH/c1-14-19-13-22(25-3)21(24-2)12-18(19)11-20(23-14)17-9-8-15-6-4-5-7-16(15)10-17;/h4-14,23H,1-3H3;1H. The highest BCUT2D eigenvalue weighted by atomic mass is 35.5. The Kier molecular flexibility index (Phi) is 5.10. The van der Waals surface area contributed by atoms with Gasteiger partial charge in [-0.3, -0.25) is 0 Å². The lowest BCUT2D eigenvalue weighted by Crippen LogP contribution is -2.21. The molecular weight excluding hydrogens is 346 g/mol. The second-order valence-corrected chi connectivity index (χ2v) is 6.32. The Morgan fingerprint density at radius 3 is 2.27 bits per heavy atom. The maximum absolute atomic E-state index is 5.46. The minimum atomic E-state index is 0. The van der Waals surface area contributed by atoms with E-state index in [9.17, 15) is 0 Å². The molecule has 0 radical (unpaired) electrons. The van der Waals surface area contributed by atoms with Crippen LogP contribution in [0.15, 0.2) is 54.6 Å². The second kappa shape index (κ2) is 7.30. The first-order chi connectivity index (χ1) is 12.2. The van der Waals surface area contributed by atoms with Crippen LogP contribution in [0, 0.1) is 0 Å². The summed E-state index contributed by atoms with van der Waals surface area (Å²) in [6.45, 7) is 2.17. The summed E-state index contributed by atoms with van der Waals surface area (Å²) in [7, 11) is 3.34. The van der Waals surface area contributed by atoms with Crippen molar-refractivity contribution in [1.29, 1.82) is 0 Å². The molecule has 1 heterocycles. The fraction of sp³-hybridized carbons (Fsp3) is 0.182. The van der Waals surface area contributed by atoms with Crippen molar-refractivity contribution < 1.29 is 9.47 Å². The third-order valence-corrected chi connectivity index (χ3v) is 4.79. The SMILES string of the molecule is COc1cc2c(cc1OC)C(C)NC(c1ccc3ccccc3c1)=C2.Cl. The van der Waals surface area contributed by atoms with E-state index in [0.29, 0.717) is 0 Å². The monoisotopic (exact) mass is 367 g/mol. The number of hydrogen-bond acceptors (Lipinski definition) is 3. The highest BCUT2D eigenvalue weighted by Crippen LogP contribution is 2.38. The molecule has 0 aliphatic carbocycles. The predicted molar refractivity (Wildman–Crippen MR) is 110 cm³/mol. The highest BCUT2D eigenvalue weighted by molar-refractivity contribution is 5.90. The molecule has 0 fully saturated rings. The Balaban J connectivity index is 0.00000196. The van der Waals surface area contributed by atoms with Gasteiger partial charge in [0.15, 0.2) is 11.5 Å². The summed E-state index contributed by atoms with van der Waals surface area (Å²) in [5.41, 5.74) is 4.68. The van der Waals surface area contributed by atoms with Gasteiger partial charge in [0.1, 0.15) is 0 Å². The number of rotatable bonds is 3. The molecule has 1 atom stereocenters. The zero-order valence-electron chi connectivity index (χ0n) is 15.1. The number of ether oxygens (including phenoxy) is 2. The van der Waals surface area contributed by atoms with Crippen LogP contribution in [0.3, 0.4) is 0 Å². The van der Waals surface area contributed by atoms with Crippen molar-refractivity contribution in [2.45, 2.75) is 13.0 Å². The number of benzene rings is 3. The average molecular weight is 368 g/mol. The normalized spacial score (nSPS) is 15.3. The molecule has 0 saturated heterocycles. The summed E-state index contributed by atoms with van der Waals surface area (Å²) in [5.74, 6) is 1.52. The van der Waals surface area contributed by atoms with E-state index in [-0.39, 0.29) is 18.4 Å². The molecule has 0 spiro atoms. The van der Waals surface area contributed by atoms with E-state index in [1.807, 2.05) is 6.07 Å². The van der Waals surface area contributed by atoms with Crippen LogP contribution in [-0.2, 0) is 0 Å². The van der Waals surface area contributed by atoms with Crippen molar-refractivity contribution in [3.8, 4) is 11.5 Å². The van der Waals surface area contributed by atoms with E-state index < -0.39 is 0 Å². The van der Waals surface area contributed by atoms with Crippen molar-refractivity contribution in [2.24, 2.45) is 0 Å². The van der Waals surface area contributed by atoms with Crippen LogP contribution >= 0.6 is 12.4 Å². The Hall–Kier alpha value is -2.65. The van der Waals surface area contributed by atoms with Gasteiger partial charge in [-0.1, -0.05) is 36.4 Å². The van der Waals surface area contributed by atoms with E-state index in [0.717, 1.165) is 22.8 Å². The zero-order chi connectivity index (χ0) is 17.4. The van der Waals surface area contributed by atoms with E-state index in [2.05, 4.69) is 66.8 Å². The zero-order valence-corrected chi connectivity index (χ0v) is 15.9. The Bertz CT molecular complexity index is 981. The van der Waals surface area contributed by atoms with Gasteiger partial charge >= 0.3 is 0 Å². The first-order valence-corrected chi connectivity index (χ1v) is 8.43. The van der Waals surface area contributed by atoms with Crippen LogP contribution in [0.5, 0.6) is 11.5 Å². The minimum Gasteiger partial charge on any atom is -0.493 e. The van der Waals surface area contributed by atoms with Crippen LogP contribution < -0.4 is 14.8 Å². The summed E-state index contributed by atoms with van der Waals surface area (Å²) in [5, 5.41) is 6.10. The van der Waals surface area contributed by atoms with Crippen molar-refractivity contribution >= 4 is 35.0 Å². The summed E-state index contributed by atoms with van der Waals surface area (Å²) in [4.78, 5) is 0. The molecule has 0 saturated carbocycles. The van der Waals surface area contributed by atoms with E-state index in [1.165, 1.54) is 21.9 Å². The minimum absolute atomic E-state index is 0. The van der Waals surface area contributed by atoms with E-state index in [1.54, 1.807) is 14.2 Å². The van der Waals surface area contributed by atoms with Crippen LogP contribution in [-0.4, -0.2) is 14.2 Å². The molecule has 3 nitrogen and oxygen atoms in total. The van der Waals surface area contributed by atoms with Gasteiger partial charge in [0.2, 0.25) is 0 Å². The van der Waals surface area contributed by atoms with Gasteiger partial charge in [-0.15, -0.1) is 12.4 Å². The number of halogens is 1. The Morgan fingerprint density at radius 1 is 0.846 bits per heavy atom. The predicted octanol–water partition coefficient (Wildman–Crippen LogP) is 5.44. The van der Waals surface area contributed by atoms with Crippen LogP contribution in [0.4, 0.5) is 0 Å². The molecule has 3 aromatic carbocycles. The van der Waals surface area contributed by atoms with Crippen LogP contribution in [0.25, 0.3) is 22.5 Å². The largest absolute Gasteiger partial charge is 0.493 e. The van der Waals surface area contributed by atoms with Gasteiger partial charge < -0.3 is 14.8 Å². The molecule has 4 rings (SSSR count). The lowest BCUT2D eigenvalue weighted by atomic mass is 9.93. The van der Waals surface area contributed by atoms with Gasteiger partial charge in [0.25, 0.3) is 0 Å². The molecule has 1 N–H and O–H groups in total. The molecule has 134 valence electrons. The molecule has 1 aliphatic heterocycles. The average Bonchev–Trinajstić information content (AvgIpc) is 2.66. The molecule has 1 aliphatic rings. The van der Waals surface area contributed by atoms with Crippen LogP contribution in [0.1, 0.15) is 29.7 Å². The summed E-state index contributed by atoms with van der Waals surface area (Å²) in [6.07, 6.45) is 2.18. The maximum Gasteiger partial charge on any atom is 0.161 e. The maximum atomic E-state index is 5.46. The topological polar surface area (TPSA) is 30.5 Å². The first-order valence-electron chi connectivity index (χ1n) is 8.43. The molecule has 0 aromatic heterocycles. The molecule has 3 aromatic rings. The summed E-state index contributed by atoms with van der Waals surface area (Å²) >= 11 is 0. The molecule has 4 heteroatoms. The van der Waals surface area contributed by atoms with Gasteiger partial charge in [-0.2, -0.15) is 0 Å². The quantitative estimate of drug-likeness (QED) is 0.668. The number of fused-ring (bicyclic) bond motifs is 2. The molecule has 26 heavy (non-hydrogen) atoms. The van der Waals surface area contributed by atoms with Crippen molar-refractivity contribution in [3.63, 3.8) is 0 Å². The lowest BCUT2D eigenvalue weighted by Gasteiger charge is -2.27. The second-order valence-electron chi connectivity index (χ2n) is 6.32. The van der Waals surface area contributed by atoms with Crippen molar-refractivity contribution in [2.75, 3.05) is 14.2 Å². The van der Waals surface area contributed by atoms with E-state index >= 15 is 0 Å². The number of nitrogens with one attached hydrogen (secondary N) is 1. The molecule has 0 bridgehead atoms. The van der Waals surface area contributed by atoms with Gasteiger partial charge in [0, 0.05) is 11.7 Å². The van der Waals surface area contributed by atoms with Crippen LogP contribution in [0.2, 0.25) is 0 Å². The Labute approximate surface area is 160 Å². The van der Waals surface area contributed by atoms with Crippen molar-refractivity contribution in [1.82, 2.24) is 5.32 Å². The molecular formula is C22H22ClNO2. The third kappa shape index (κ3) is 3.11. The van der Waals surface area contributed by atoms with E-state index in [4.69, 9.17) is 9.47 Å². The molecule has 1 unspecified atom stereocenters. The Morgan fingerprint density at radius 2 is 1.54 bits per heavy atom. The number of hydrogen-bond donors (Lipinski definition) is 1. The third-order valence-electron chi connectivity index (χ3n) is 4.79. The smallest absolute Gasteiger partial charge is 0.161 e. The van der Waals surface area contributed by atoms with Gasteiger partial charge in [-0.25, -0.2) is 0 Å². The van der Waals surface area contributed by atoms with Gasteiger partial charge in [0.05, 0.1) is 14.2 Å². The molecule has 0 amide bonds. The van der Waals surface area contributed by atoms with Crippen molar-refractivity contribution in [3.05, 3.63) is 71.3 Å². The summed E-state index contributed by atoms with van der Waals surface area (Å²) in [6, 6.07) is 19.3. The number of methoxy groups -OCH3 is 2. The highest BCUT2D eigenvalue weighted by Gasteiger charge is 2.20. The lowest BCUT2D eigenvalue weighted by molar-refractivity contribution is 0.354. The fourth-order valence-corrected chi connectivity index (χ4v) is 3.44. The summed E-state index contributed by atoms with van der Waals surface area (Å²) < 4.78 is 10.9. The first kappa shape index (κ1) is 18.2. The fourth-order valence-electron chi connectivity index (χ4n) is 3.44. The van der Waals surface area contributed by atoms with Gasteiger partial charge in [-0.05, 0) is 58.7 Å².